The Hall–Kier alpha value is -2.62. The van der Waals surface area contributed by atoms with Crippen molar-refractivity contribution >= 4 is 12.3 Å². The third kappa shape index (κ3) is 4.90. The number of benzene rings is 1. The summed E-state index contributed by atoms with van der Waals surface area (Å²) in [6.07, 6.45) is 3.29. The van der Waals surface area contributed by atoms with Crippen molar-refractivity contribution in [3.8, 4) is 11.8 Å². The number of hydrogen-bond donors (Lipinski definition) is 7. The van der Waals surface area contributed by atoms with Crippen molar-refractivity contribution in [3.63, 3.8) is 0 Å². The molecule has 0 aromatic heterocycles. The molecule has 7 N–H and O–H groups in total. The minimum atomic E-state index is -2.18. The molecule has 0 amide bonds. The van der Waals surface area contributed by atoms with Crippen LogP contribution < -0.4 is 5.32 Å². The maximum Gasteiger partial charge on any atom is 0.331 e. The van der Waals surface area contributed by atoms with Crippen LogP contribution in [0.3, 0.4) is 0 Å². The number of hydrogen-bond acceptors (Lipinski definition) is 10. The second-order valence-corrected chi connectivity index (χ2v) is 18.3. The molecule has 5 fully saturated rings. The van der Waals surface area contributed by atoms with Gasteiger partial charge in [0.1, 0.15) is 23.6 Å². The predicted octanol–water partition coefficient (Wildman–Crippen LogP) is 2.71. The van der Waals surface area contributed by atoms with Crippen LogP contribution in [0.1, 0.15) is 101 Å². The van der Waals surface area contributed by atoms with E-state index < -0.39 is 63.8 Å². The molecule has 1 heterocycles. The molecule has 1 spiro atoms. The lowest BCUT2D eigenvalue weighted by molar-refractivity contribution is -0.367. The van der Waals surface area contributed by atoms with Crippen LogP contribution in [0.15, 0.2) is 29.8 Å². The average Bonchev–Trinajstić information content (AvgIpc) is 3.63. The summed E-state index contributed by atoms with van der Waals surface area (Å²) in [5.41, 5.74) is -4.99. The Labute approximate surface area is 312 Å². The average molecular weight is 732 g/mol. The van der Waals surface area contributed by atoms with Crippen LogP contribution >= 0.6 is 0 Å². The molecule has 0 unspecified atom stereocenters. The van der Waals surface area contributed by atoms with Gasteiger partial charge in [-0.05, 0) is 105 Å². The van der Waals surface area contributed by atoms with E-state index in [0.717, 1.165) is 28.5 Å². The van der Waals surface area contributed by atoms with Gasteiger partial charge in [-0.15, -0.1) is 0 Å². The van der Waals surface area contributed by atoms with Crippen molar-refractivity contribution in [1.29, 1.82) is 0 Å². The first-order valence-electron chi connectivity index (χ1n) is 20.0. The first-order valence-corrected chi connectivity index (χ1v) is 20.0. The van der Waals surface area contributed by atoms with Crippen LogP contribution in [0.2, 0.25) is 0 Å². The minimum Gasteiger partial charge on any atom is -0.454 e. The lowest BCUT2D eigenvalue weighted by atomic mass is 9.36. The molecular formula is C43H57NO9. The van der Waals surface area contributed by atoms with E-state index in [9.17, 15) is 40.2 Å². The van der Waals surface area contributed by atoms with Gasteiger partial charge in [0.2, 0.25) is 0 Å². The van der Waals surface area contributed by atoms with Gasteiger partial charge in [-0.1, -0.05) is 44.2 Å². The standard InChI is InChI=1S/C43H57NO9/c1-24(2)10-11-32-38(49)43(52)34(40(23-46)15-12-28(47)21-41(32,40)50)13-16-39-14-5-4-7-25-8-6-9-26(22-45)29(25)18-33(44-3)30-17-27(20-42(39,43)51)36(39)31-19-35(48)53-37(30)31/h6,8-9,19,23-24,27-28,30,32-34,36-38,44-45,47,49-52H,5,10-18,20-22H2,1-3H3/t27-,28-,30+,32-,33-,34+,36+,37-,38-,39+,40+,41+,42+,43-/m0/s1. The van der Waals surface area contributed by atoms with Crippen LogP contribution in [-0.4, -0.2) is 91.1 Å². The Balaban J connectivity index is 1.32. The van der Waals surface area contributed by atoms with Crippen LogP contribution in [-0.2, 0) is 27.4 Å². The number of fused-ring (bicyclic) bond motifs is 7. The molecule has 8 aliphatic rings. The number of rotatable bonds is 6. The van der Waals surface area contributed by atoms with E-state index in [4.69, 9.17) is 4.74 Å². The van der Waals surface area contributed by atoms with Crippen molar-refractivity contribution in [2.75, 3.05) is 7.05 Å². The quantitative estimate of drug-likeness (QED) is 0.131. The molecule has 1 aromatic rings. The van der Waals surface area contributed by atoms with Crippen molar-refractivity contribution in [2.24, 2.45) is 46.3 Å². The van der Waals surface area contributed by atoms with Gasteiger partial charge in [-0.25, -0.2) is 4.79 Å². The van der Waals surface area contributed by atoms with Crippen LogP contribution in [0.4, 0.5) is 0 Å². The summed E-state index contributed by atoms with van der Waals surface area (Å²) in [5.74, 6) is 3.87. The normalized spacial score (nSPS) is 46.9. The summed E-state index contributed by atoms with van der Waals surface area (Å²) in [6, 6.07) is 5.57. The molecule has 53 heavy (non-hydrogen) atoms. The van der Waals surface area contributed by atoms with E-state index in [1.165, 1.54) is 0 Å². The summed E-state index contributed by atoms with van der Waals surface area (Å²) in [4.78, 5) is 26.9. The van der Waals surface area contributed by atoms with Crippen LogP contribution in [0.25, 0.3) is 0 Å². The highest BCUT2D eigenvalue weighted by molar-refractivity contribution is 5.86. The third-order valence-corrected chi connectivity index (χ3v) is 16.0. The van der Waals surface area contributed by atoms with Crippen molar-refractivity contribution in [1.82, 2.24) is 5.32 Å². The molecule has 288 valence electrons. The molecule has 14 atom stereocenters. The van der Waals surface area contributed by atoms with Crippen molar-refractivity contribution < 1.29 is 45.0 Å². The Morgan fingerprint density at radius 1 is 1.09 bits per heavy atom. The zero-order chi connectivity index (χ0) is 37.7. The van der Waals surface area contributed by atoms with E-state index in [2.05, 4.69) is 17.2 Å². The first kappa shape index (κ1) is 37.3. The number of aliphatic hydroxyl groups excluding tert-OH is 3. The maximum atomic E-state index is 13.8. The van der Waals surface area contributed by atoms with E-state index in [0.29, 0.717) is 44.9 Å². The first-order chi connectivity index (χ1) is 25.2. The smallest absolute Gasteiger partial charge is 0.331 e. The number of nitrogens with one attached hydrogen (secondary N) is 1. The van der Waals surface area contributed by atoms with Gasteiger partial charge in [0.15, 0.2) is 0 Å². The van der Waals surface area contributed by atoms with Crippen LogP contribution in [0.5, 0.6) is 0 Å². The zero-order valence-electron chi connectivity index (χ0n) is 31.3. The van der Waals surface area contributed by atoms with Crippen molar-refractivity contribution in [2.45, 2.75) is 139 Å². The number of carbonyl (C=O) groups excluding carboxylic acids is 2. The molecule has 7 aliphatic carbocycles. The molecule has 0 saturated heterocycles. The molecule has 10 nitrogen and oxygen atoms in total. The molecule has 4 bridgehead atoms. The predicted molar refractivity (Wildman–Crippen MR) is 195 cm³/mol. The van der Waals surface area contributed by atoms with Gasteiger partial charge in [0, 0.05) is 53.7 Å². The topological polar surface area (TPSA) is 177 Å². The number of aldehydes is 1. The molecule has 0 radical (unpaired) electrons. The Morgan fingerprint density at radius 3 is 2.60 bits per heavy atom. The molecule has 9 rings (SSSR count). The fourth-order valence-corrected chi connectivity index (χ4v) is 13.8. The SMILES string of the molecule is CN[C@H]1Cc2c(cccc2CO)C#CCC[C@]23CC[C@H]4[C@](O)([C@@H](O)[C@H](CCC(C)C)[C@]5(O)C[C@@H](O)CC[C@@]45C=O)[C@@]2(O)C[C@@H]2C[C@H]1[C@@H]1OC(=O)C=C1[C@@H]23. The monoisotopic (exact) mass is 731 g/mol. The molecule has 1 aliphatic heterocycles. The molecule has 10 heteroatoms. The van der Waals surface area contributed by atoms with E-state index in [1.54, 1.807) is 6.08 Å². The Morgan fingerprint density at radius 2 is 1.89 bits per heavy atom. The Kier molecular flexibility index (Phi) is 9.13. The highest BCUT2D eigenvalue weighted by Gasteiger charge is 2.84. The highest BCUT2D eigenvalue weighted by atomic mass is 16.5. The second-order valence-electron chi connectivity index (χ2n) is 18.3. The summed E-state index contributed by atoms with van der Waals surface area (Å²) in [5, 5.41) is 77.7. The van der Waals surface area contributed by atoms with E-state index in [1.807, 2.05) is 39.1 Å². The summed E-state index contributed by atoms with van der Waals surface area (Å²) in [7, 11) is 1.88. The van der Waals surface area contributed by atoms with Gasteiger partial charge in [-0.3, -0.25) is 0 Å². The highest BCUT2D eigenvalue weighted by Crippen LogP contribution is 2.76. The largest absolute Gasteiger partial charge is 0.454 e. The fraction of sp³-hybridized carbons (Fsp3) is 0.721. The van der Waals surface area contributed by atoms with Gasteiger partial charge in [0.25, 0.3) is 0 Å². The van der Waals surface area contributed by atoms with Gasteiger partial charge in [-0.2, -0.15) is 0 Å². The molecule has 5 saturated carbocycles. The van der Waals surface area contributed by atoms with E-state index in [-0.39, 0.29) is 68.4 Å². The Bertz CT molecular complexity index is 1750. The number of esters is 1. The van der Waals surface area contributed by atoms with Crippen LogP contribution in [0, 0.1) is 58.2 Å². The molecular weight excluding hydrogens is 674 g/mol. The molecule has 1 aromatic carbocycles. The number of likely N-dealkylation sites (N-methyl/N-ethyl adjacent to an activating group) is 1. The van der Waals surface area contributed by atoms with Gasteiger partial charge in [0.05, 0.1) is 29.8 Å². The number of aliphatic hydroxyl groups is 6. The zero-order valence-corrected chi connectivity index (χ0v) is 31.3. The number of ether oxygens (including phenoxy) is 1. The summed E-state index contributed by atoms with van der Waals surface area (Å²) >= 11 is 0. The summed E-state index contributed by atoms with van der Waals surface area (Å²) < 4.78 is 6.15. The minimum absolute atomic E-state index is 0.0802. The van der Waals surface area contributed by atoms with E-state index >= 15 is 0 Å². The lowest BCUT2D eigenvalue weighted by Crippen LogP contribution is -2.84. The summed E-state index contributed by atoms with van der Waals surface area (Å²) in [6.45, 7) is 3.96. The maximum absolute atomic E-state index is 13.8. The number of carbonyl (C=O) groups is 2. The van der Waals surface area contributed by atoms with Gasteiger partial charge < -0.3 is 45.5 Å². The van der Waals surface area contributed by atoms with Crippen molar-refractivity contribution in [3.05, 3.63) is 46.5 Å². The fourth-order valence-electron chi connectivity index (χ4n) is 13.8. The lowest BCUT2D eigenvalue weighted by Gasteiger charge is -2.72. The van der Waals surface area contributed by atoms with Gasteiger partial charge >= 0.3 is 5.97 Å². The second kappa shape index (κ2) is 13.0. The third-order valence-electron chi connectivity index (χ3n) is 16.0.